The molecule has 32 heavy (non-hydrogen) atoms. The van der Waals surface area contributed by atoms with E-state index in [0.717, 1.165) is 18.4 Å². The standard InChI is InChI=1S/C23H26N4O4S/c1-23(2,3)22-26-20(27-31-22)16-9-11-18(12-10-16)25-21(28)17-5-4-6-19(13-17)32(29,30)24-14-15-7-8-15/h4-6,9-13,15,24H,7-8,14H2,1-3H3,(H,25,28). The molecule has 0 saturated heterocycles. The maximum atomic E-state index is 12.7. The van der Waals surface area contributed by atoms with Crippen LogP contribution < -0.4 is 10.0 Å². The number of benzene rings is 2. The summed E-state index contributed by atoms with van der Waals surface area (Å²) >= 11 is 0. The molecule has 168 valence electrons. The van der Waals surface area contributed by atoms with Crippen molar-refractivity contribution in [1.29, 1.82) is 0 Å². The number of carbonyl (C=O) groups excluding carboxylic acids is 1. The third-order valence-corrected chi connectivity index (χ3v) is 6.56. The molecule has 0 spiro atoms. The summed E-state index contributed by atoms with van der Waals surface area (Å²) in [5.74, 6) is 1.05. The van der Waals surface area contributed by atoms with Crippen molar-refractivity contribution in [3.8, 4) is 11.4 Å². The molecular weight excluding hydrogens is 428 g/mol. The van der Waals surface area contributed by atoms with Gasteiger partial charge in [-0.25, -0.2) is 13.1 Å². The van der Waals surface area contributed by atoms with Gasteiger partial charge in [0.1, 0.15) is 0 Å². The minimum absolute atomic E-state index is 0.0768. The molecule has 8 nitrogen and oxygen atoms in total. The smallest absolute Gasteiger partial charge is 0.255 e. The van der Waals surface area contributed by atoms with Crippen LogP contribution in [0.5, 0.6) is 0 Å². The number of sulfonamides is 1. The summed E-state index contributed by atoms with van der Waals surface area (Å²) in [6.07, 6.45) is 2.10. The van der Waals surface area contributed by atoms with E-state index in [2.05, 4.69) is 20.2 Å². The Morgan fingerprint density at radius 2 is 1.84 bits per heavy atom. The van der Waals surface area contributed by atoms with Crippen molar-refractivity contribution < 1.29 is 17.7 Å². The first-order chi connectivity index (χ1) is 15.1. The van der Waals surface area contributed by atoms with Crippen LogP contribution in [-0.2, 0) is 15.4 Å². The zero-order chi connectivity index (χ0) is 22.9. The lowest BCUT2D eigenvalue weighted by atomic mass is 9.97. The van der Waals surface area contributed by atoms with Crippen LogP contribution in [0.2, 0.25) is 0 Å². The van der Waals surface area contributed by atoms with E-state index in [0.29, 0.717) is 29.9 Å². The quantitative estimate of drug-likeness (QED) is 0.558. The maximum absolute atomic E-state index is 12.7. The molecule has 3 aromatic rings. The molecule has 2 aromatic carbocycles. The van der Waals surface area contributed by atoms with Crippen LogP contribution in [0, 0.1) is 5.92 Å². The summed E-state index contributed by atoms with van der Waals surface area (Å²) in [6, 6.07) is 13.1. The monoisotopic (exact) mass is 454 g/mol. The fourth-order valence-corrected chi connectivity index (χ4v) is 4.15. The summed E-state index contributed by atoms with van der Waals surface area (Å²) in [7, 11) is -3.64. The van der Waals surface area contributed by atoms with Crippen LogP contribution in [0.15, 0.2) is 57.9 Å². The molecule has 1 fully saturated rings. The first kappa shape index (κ1) is 22.2. The second kappa shape index (κ2) is 8.48. The normalized spacial score (nSPS) is 14.3. The summed E-state index contributed by atoms with van der Waals surface area (Å²) in [6.45, 7) is 6.41. The Kier molecular flexibility index (Phi) is 5.87. The maximum Gasteiger partial charge on any atom is 0.255 e. The van der Waals surface area contributed by atoms with Gasteiger partial charge in [0.05, 0.1) is 4.90 Å². The van der Waals surface area contributed by atoms with E-state index in [-0.39, 0.29) is 15.9 Å². The number of amides is 1. The van der Waals surface area contributed by atoms with Gasteiger partial charge in [-0.15, -0.1) is 0 Å². The summed E-state index contributed by atoms with van der Waals surface area (Å²) in [4.78, 5) is 17.2. The van der Waals surface area contributed by atoms with Crippen molar-refractivity contribution >= 4 is 21.6 Å². The number of rotatable bonds is 7. The fraction of sp³-hybridized carbons (Fsp3) is 0.348. The highest BCUT2D eigenvalue weighted by atomic mass is 32.2. The lowest BCUT2D eigenvalue weighted by molar-refractivity contribution is 0.102. The predicted octanol–water partition coefficient (Wildman–Crippen LogP) is 3.97. The SMILES string of the molecule is CC(C)(C)c1nc(-c2ccc(NC(=O)c3cccc(S(=O)(=O)NCC4CC4)c3)cc2)no1. The molecule has 1 aliphatic carbocycles. The van der Waals surface area contributed by atoms with Gasteiger partial charge in [-0.3, -0.25) is 4.79 Å². The Morgan fingerprint density at radius 1 is 1.12 bits per heavy atom. The summed E-state index contributed by atoms with van der Waals surface area (Å²) < 4.78 is 32.9. The lowest BCUT2D eigenvalue weighted by Gasteiger charge is -2.10. The number of carbonyl (C=O) groups is 1. The van der Waals surface area contributed by atoms with E-state index in [1.54, 1.807) is 36.4 Å². The van der Waals surface area contributed by atoms with Gasteiger partial charge in [0.25, 0.3) is 5.91 Å². The Labute approximate surface area is 187 Å². The third-order valence-electron chi connectivity index (χ3n) is 5.13. The minimum atomic E-state index is -3.64. The van der Waals surface area contributed by atoms with Crippen molar-refractivity contribution in [2.45, 2.75) is 43.9 Å². The number of hydrogen-bond donors (Lipinski definition) is 2. The second-order valence-corrected chi connectivity index (χ2v) is 10.8. The average Bonchev–Trinajstić information content (AvgIpc) is 3.45. The number of nitrogens with one attached hydrogen (secondary N) is 2. The molecule has 0 aliphatic heterocycles. The zero-order valence-electron chi connectivity index (χ0n) is 18.3. The Morgan fingerprint density at radius 3 is 2.47 bits per heavy atom. The van der Waals surface area contributed by atoms with E-state index < -0.39 is 15.9 Å². The van der Waals surface area contributed by atoms with Crippen LogP contribution >= 0.6 is 0 Å². The second-order valence-electron chi connectivity index (χ2n) is 9.03. The van der Waals surface area contributed by atoms with Gasteiger partial charge in [0.15, 0.2) is 0 Å². The van der Waals surface area contributed by atoms with Crippen molar-refractivity contribution in [2.75, 3.05) is 11.9 Å². The predicted molar refractivity (Wildman–Crippen MR) is 121 cm³/mol. The van der Waals surface area contributed by atoms with Crippen LogP contribution in [0.3, 0.4) is 0 Å². The molecule has 0 bridgehead atoms. The van der Waals surface area contributed by atoms with Gasteiger partial charge in [-0.2, -0.15) is 4.98 Å². The Bertz CT molecular complexity index is 1220. The molecule has 1 amide bonds. The van der Waals surface area contributed by atoms with Gasteiger partial charge in [-0.05, 0) is 61.2 Å². The lowest BCUT2D eigenvalue weighted by Crippen LogP contribution is -2.26. The first-order valence-corrected chi connectivity index (χ1v) is 12.0. The largest absolute Gasteiger partial charge is 0.338 e. The van der Waals surface area contributed by atoms with Gasteiger partial charge in [0, 0.05) is 28.8 Å². The summed E-state index contributed by atoms with van der Waals surface area (Å²) in [5.41, 5.74) is 1.35. The van der Waals surface area contributed by atoms with Crippen LogP contribution in [-0.4, -0.2) is 31.0 Å². The van der Waals surface area contributed by atoms with Crippen molar-refractivity contribution in [2.24, 2.45) is 5.92 Å². The molecule has 1 aliphatic rings. The van der Waals surface area contributed by atoms with Gasteiger partial charge >= 0.3 is 0 Å². The van der Waals surface area contributed by atoms with Gasteiger partial charge in [-0.1, -0.05) is 32.0 Å². The van der Waals surface area contributed by atoms with Gasteiger partial charge < -0.3 is 9.84 Å². The van der Waals surface area contributed by atoms with Crippen molar-refractivity contribution in [3.63, 3.8) is 0 Å². The molecule has 1 aromatic heterocycles. The highest BCUT2D eigenvalue weighted by Gasteiger charge is 2.25. The topological polar surface area (TPSA) is 114 Å². The number of aromatic nitrogens is 2. The number of hydrogen-bond acceptors (Lipinski definition) is 6. The molecule has 0 radical (unpaired) electrons. The highest BCUT2D eigenvalue weighted by molar-refractivity contribution is 7.89. The number of anilines is 1. The molecule has 0 unspecified atom stereocenters. The van der Waals surface area contributed by atoms with E-state index >= 15 is 0 Å². The molecule has 4 rings (SSSR count). The first-order valence-electron chi connectivity index (χ1n) is 10.5. The average molecular weight is 455 g/mol. The number of nitrogens with zero attached hydrogens (tertiary/aromatic N) is 2. The molecule has 0 atom stereocenters. The van der Waals surface area contributed by atoms with Crippen molar-refractivity contribution in [1.82, 2.24) is 14.9 Å². The van der Waals surface area contributed by atoms with E-state index in [1.807, 2.05) is 20.8 Å². The summed E-state index contributed by atoms with van der Waals surface area (Å²) in [5, 5.41) is 6.80. The van der Waals surface area contributed by atoms with E-state index in [4.69, 9.17) is 4.52 Å². The van der Waals surface area contributed by atoms with Crippen molar-refractivity contribution in [3.05, 3.63) is 60.0 Å². The minimum Gasteiger partial charge on any atom is -0.338 e. The van der Waals surface area contributed by atoms with Gasteiger partial charge in [0.2, 0.25) is 21.7 Å². The molecule has 2 N–H and O–H groups in total. The third kappa shape index (κ3) is 5.23. The Balaban J connectivity index is 1.44. The molecule has 9 heteroatoms. The molecule has 1 heterocycles. The van der Waals surface area contributed by atoms with Crippen LogP contribution in [0.4, 0.5) is 5.69 Å². The van der Waals surface area contributed by atoms with E-state index in [1.165, 1.54) is 12.1 Å². The Hall–Kier alpha value is -3.04. The zero-order valence-corrected chi connectivity index (χ0v) is 19.1. The van der Waals surface area contributed by atoms with Crippen LogP contribution in [0.1, 0.15) is 49.9 Å². The van der Waals surface area contributed by atoms with Crippen LogP contribution in [0.25, 0.3) is 11.4 Å². The van der Waals surface area contributed by atoms with E-state index in [9.17, 15) is 13.2 Å². The molecular formula is C23H26N4O4S. The molecule has 1 saturated carbocycles. The fourth-order valence-electron chi connectivity index (χ4n) is 2.99. The highest BCUT2D eigenvalue weighted by Crippen LogP contribution is 2.28.